The molecule has 0 aliphatic carbocycles. The highest BCUT2D eigenvalue weighted by Gasteiger charge is 2.34. The molecule has 1 amide bonds. The Balaban J connectivity index is 1.61. The van der Waals surface area contributed by atoms with Gasteiger partial charge in [-0.3, -0.25) is 4.79 Å². The van der Waals surface area contributed by atoms with Crippen LogP contribution in [-0.2, 0) is 16.0 Å². The van der Waals surface area contributed by atoms with Crippen molar-refractivity contribution in [3.05, 3.63) is 23.3 Å². The Morgan fingerprint density at radius 2 is 1.95 bits per heavy atom. The number of hydrogen-bond donors (Lipinski definition) is 0. The van der Waals surface area contributed by atoms with Gasteiger partial charge in [0.25, 0.3) is 5.91 Å². The van der Waals surface area contributed by atoms with Crippen molar-refractivity contribution in [2.45, 2.75) is 38.3 Å². The maximum atomic E-state index is 12.7. The summed E-state index contributed by atoms with van der Waals surface area (Å²) in [5.41, 5.74) is 2.43. The lowest BCUT2D eigenvalue weighted by Crippen LogP contribution is -2.44. The molecule has 1 fully saturated rings. The fourth-order valence-electron chi connectivity index (χ4n) is 3.61. The third kappa shape index (κ3) is 2.24. The van der Waals surface area contributed by atoms with Crippen molar-refractivity contribution in [3.8, 4) is 11.5 Å². The first-order valence-electron chi connectivity index (χ1n) is 8.08. The van der Waals surface area contributed by atoms with Crippen LogP contribution in [0.1, 0.15) is 36.9 Å². The van der Waals surface area contributed by atoms with Crippen LogP contribution in [0.5, 0.6) is 11.5 Å². The van der Waals surface area contributed by atoms with Crippen molar-refractivity contribution in [3.63, 3.8) is 0 Å². The van der Waals surface area contributed by atoms with E-state index in [0.717, 1.165) is 37.3 Å². The molecule has 0 aromatic heterocycles. The fraction of sp³-hybridized carbons (Fsp3) is 0.588. The lowest BCUT2D eigenvalue weighted by atomic mass is 9.92. The molecule has 1 aromatic rings. The van der Waals surface area contributed by atoms with Gasteiger partial charge in [-0.25, -0.2) is 0 Å². The van der Waals surface area contributed by atoms with E-state index in [1.807, 2.05) is 11.0 Å². The van der Waals surface area contributed by atoms with Crippen molar-refractivity contribution < 1.29 is 19.0 Å². The van der Waals surface area contributed by atoms with Gasteiger partial charge in [0.1, 0.15) is 19.3 Å². The Morgan fingerprint density at radius 3 is 2.68 bits per heavy atom. The number of rotatable bonds is 1. The minimum Gasteiger partial charge on any atom is -0.486 e. The van der Waals surface area contributed by atoms with Crippen molar-refractivity contribution in [1.29, 1.82) is 0 Å². The third-order valence-corrected chi connectivity index (χ3v) is 4.83. The van der Waals surface area contributed by atoms with Crippen LogP contribution in [0.4, 0.5) is 0 Å². The van der Waals surface area contributed by atoms with Crippen molar-refractivity contribution >= 4 is 5.91 Å². The van der Waals surface area contributed by atoms with E-state index in [2.05, 4.69) is 13.0 Å². The summed E-state index contributed by atoms with van der Waals surface area (Å²) in [6, 6.07) is 4.17. The molecule has 0 spiro atoms. The molecule has 0 N–H and O–H groups in total. The zero-order valence-electron chi connectivity index (χ0n) is 12.8. The van der Waals surface area contributed by atoms with Crippen LogP contribution in [0.15, 0.2) is 12.1 Å². The van der Waals surface area contributed by atoms with E-state index in [0.29, 0.717) is 19.8 Å². The SMILES string of the molecule is CC1c2cc3c(cc2CCN1C(=O)C1CCCO1)OCCO3. The van der Waals surface area contributed by atoms with E-state index in [-0.39, 0.29) is 18.1 Å². The van der Waals surface area contributed by atoms with Crippen LogP contribution in [-0.4, -0.2) is 43.3 Å². The van der Waals surface area contributed by atoms with Gasteiger partial charge in [-0.1, -0.05) is 0 Å². The first-order valence-corrected chi connectivity index (χ1v) is 8.08. The zero-order chi connectivity index (χ0) is 15.1. The number of carbonyl (C=O) groups excluding carboxylic acids is 1. The van der Waals surface area contributed by atoms with Crippen molar-refractivity contribution in [1.82, 2.24) is 4.90 Å². The van der Waals surface area contributed by atoms with Gasteiger partial charge >= 0.3 is 0 Å². The lowest BCUT2D eigenvalue weighted by molar-refractivity contribution is -0.143. The van der Waals surface area contributed by atoms with Gasteiger partial charge in [0, 0.05) is 13.2 Å². The number of hydrogen-bond acceptors (Lipinski definition) is 4. The van der Waals surface area contributed by atoms with E-state index in [1.165, 1.54) is 11.1 Å². The fourth-order valence-corrected chi connectivity index (χ4v) is 3.61. The highest BCUT2D eigenvalue weighted by atomic mass is 16.6. The highest BCUT2D eigenvalue weighted by Crippen LogP contribution is 2.39. The lowest BCUT2D eigenvalue weighted by Gasteiger charge is -2.37. The first-order chi connectivity index (χ1) is 10.7. The van der Waals surface area contributed by atoms with Gasteiger partial charge in [0.05, 0.1) is 6.04 Å². The summed E-state index contributed by atoms with van der Waals surface area (Å²) in [4.78, 5) is 14.6. The number of ether oxygens (including phenoxy) is 3. The third-order valence-electron chi connectivity index (χ3n) is 4.83. The number of amides is 1. The van der Waals surface area contributed by atoms with Crippen LogP contribution in [0.25, 0.3) is 0 Å². The van der Waals surface area contributed by atoms with Gasteiger partial charge in [0.15, 0.2) is 11.5 Å². The van der Waals surface area contributed by atoms with Crippen LogP contribution in [0.2, 0.25) is 0 Å². The van der Waals surface area contributed by atoms with E-state index in [1.54, 1.807) is 0 Å². The Bertz CT molecular complexity index is 595. The summed E-state index contributed by atoms with van der Waals surface area (Å²) >= 11 is 0. The van der Waals surface area contributed by atoms with E-state index >= 15 is 0 Å². The molecular formula is C17H21NO4. The normalized spacial score (nSPS) is 26.7. The molecule has 3 aliphatic heterocycles. The second-order valence-electron chi connectivity index (χ2n) is 6.15. The van der Waals surface area contributed by atoms with Gasteiger partial charge in [-0.05, 0) is 49.4 Å². The highest BCUT2D eigenvalue weighted by molar-refractivity contribution is 5.82. The molecule has 5 heteroatoms. The second-order valence-corrected chi connectivity index (χ2v) is 6.15. The molecule has 0 bridgehead atoms. The van der Waals surface area contributed by atoms with Gasteiger partial charge < -0.3 is 19.1 Å². The molecule has 3 heterocycles. The zero-order valence-corrected chi connectivity index (χ0v) is 12.8. The molecule has 1 saturated heterocycles. The van der Waals surface area contributed by atoms with Gasteiger partial charge in [-0.2, -0.15) is 0 Å². The van der Waals surface area contributed by atoms with Gasteiger partial charge in [0.2, 0.25) is 0 Å². The summed E-state index contributed by atoms with van der Waals surface area (Å²) in [5, 5.41) is 0. The Morgan fingerprint density at radius 1 is 1.18 bits per heavy atom. The molecule has 22 heavy (non-hydrogen) atoms. The Labute approximate surface area is 130 Å². The predicted octanol–water partition coefficient (Wildman–Crippen LogP) is 2.08. The average Bonchev–Trinajstić information content (AvgIpc) is 3.08. The molecular weight excluding hydrogens is 282 g/mol. The van der Waals surface area contributed by atoms with E-state index in [4.69, 9.17) is 14.2 Å². The number of nitrogens with zero attached hydrogens (tertiary/aromatic N) is 1. The number of benzene rings is 1. The molecule has 4 rings (SSSR count). The molecule has 0 radical (unpaired) electrons. The molecule has 2 atom stereocenters. The predicted molar refractivity (Wildman–Crippen MR) is 80.2 cm³/mol. The summed E-state index contributed by atoms with van der Waals surface area (Å²) in [5.74, 6) is 1.75. The first kappa shape index (κ1) is 13.9. The monoisotopic (exact) mass is 303 g/mol. The molecule has 5 nitrogen and oxygen atoms in total. The molecule has 1 aromatic carbocycles. The smallest absolute Gasteiger partial charge is 0.252 e. The number of fused-ring (bicyclic) bond motifs is 2. The molecule has 2 unspecified atom stereocenters. The van der Waals surface area contributed by atoms with Gasteiger partial charge in [-0.15, -0.1) is 0 Å². The average molecular weight is 303 g/mol. The molecule has 118 valence electrons. The van der Waals surface area contributed by atoms with E-state index < -0.39 is 0 Å². The minimum absolute atomic E-state index is 0.0521. The standard InChI is InChI=1S/C17H21NO4/c1-11-13-10-16-15(21-7-8-22-16)9-12(13)4-5-18(11)17(19)14-3-2-6-20-14/h9-11,14H,2-8H2,1H3. The second kappa shape index (κ2) is 5.47. The van der Waals surface area contributed by atoms with Crippen LogP contribution < -0.4 is 9.47 Å². The quantitative estimate of drug-likeness (QED) is 0.797. The molecule has 3 aliphatic rings. The minimum atomic E-state index is -0.249. The summed E-state index contributed by atoms with van der Waals surface area (Å²) in [6.07, 6.45) is 2.43. The Kier molecular flexibility index (Phi) is 3.45. The molecule has 0 saturated carbocycles. The van der Waals surface area contributed by atoms with Crippen LogP contribution >= 0.6 is 0 Å². The number of carbonyl (C=O) groups is 1. The Hall–Kier alpha value is -1.75. The maximum absolute atomic E-state index is 12.7. The maximum Gasteiger partial charge on any atom is 0.252 e. The van der Waals surface area contributed by atoms with Crippen LogP contribution in [0.3, 0.4) is 0 Å². The van der Waals surface area contributed by atoms with Crippen molar-refractivity contribution in [2.75, 3.05) is 26.4 Å². The largest absolute Gasteiger partial charge is 0.486 e. The topological polar surface area (TPSA) is 48.0 Å². The van der Waals surface area contributed by atoms with E-state index in [9.17, 15) is 4.79 Å². The van der Waals surface area contributed by atoms with Crippen LogP contribution in [0, 0.1) is 0 Å². The summed E-state index contributed by atoms with van der Waals surface area (Å²) in [7, 11) is 0. The summed E-state index contributed by atoms with van der Waals surface area (Å²) < 4.78 is 16.9. The summed E-state index contributed by atoms with van der Waals surface area (Å²) in [6.45, 7) is 4.71. The van der Waals surface area contributed by atoms with Crippen molar-refractivity contribution in [2.24, 2.45) is 0 Å².